The fraction of sp³-hybridized carbons (Fsp3) is 0. The molecule has 0 aliphatic heterocycles. The van der Waals surface area contributed by atoms with E-state index in [4.69, 9.17) is 29.3 Å². The summed E-state index contributed by atoms with van der Waals surface area (Å²) in [4.78, 5) is 33.7. The molecule has 8 nitrogen and oxygen atoms in total. The van der Waals surface area contributed by atoms with Crippen LogP contribution in [-0.4, -0.2) is 34.9 Å². The monoisotopic (exact) mass is 935 g/mol. The Balaban J connectivity index is 1.01. The van der Waals surface area contributed by atoms with Crippen LogP contribution in [0.1, 0.15) is 0 Å². The first kappa shape index (κ1) is 43.0. The van der Waals surface area contributed by atoms with Crippen molar-refractivity contribution in [3.8, 4) is 112 Å². The summed E-state index contributed by atoms with van der Waals surface area (Å²) >= 11 is 0. The van der Waals surface area contributed by atoms with Crippen LogP contribution in [0.5, 0.6) is 0 Å². The lowest BCUT2D eigenvalue weighted by molar-refractivity contribution is 0.667. The fourth-order valence-corrected chi connectivity index (χ4v) is 9.84. The van der Waals surface area contributed by atoms with Gasteiger partial charge in [-0.05, 0) is 142 Å². The standard InChI is InChI=1S/C65H41N7O/c1-4-18-51(52-29-26-42(57-22-9-12-32-66-57)38-56(52)64-65-63(71-41-72-64)55-21-7-8-25-62(55)73-65)48(15-1)45-35-46(49-16-2-5-19-53(49)60-30-27-43(39-69-60)58-23-10-13-33-67-58)37-47(36-45)50-17-3-6-20-54(50)61-31-28-44(40-70-61)59-24-11-14-34-68-59/h1-41H. The number of benzene rings is 6. The van der Waals surface area contributed by atoms with Gasteiger partial charge in [-0.2, -0.15) is 0 Å². The van der Waals surface area contributed by atoms with E-state index in [9.17, 15) is 0 Å². The van der Waals surface area contributed by atoms with Crippen LogP contribution in [0.15, 0.2) is 254 Å². The molecule has 0 bridgehead atoms. The Kier molecular flexibility index (Phi) is 11.0. The van der Waals surface area contributed by atoms with E-state index in [1.165, 1.54) is 0 Å². The Morgan fingerprint density at radius 1 is 0.274 bits per heavy atom. The molecule has 0 aliphatic carbocycles. The molecule has 0 saturated carbocycles. The quantitative estimate of drug-likeness (QED) is 0.134. The van der Waals surface area contributed by atoms with Crippen molar-refractivity contribution in [2.75, 3.05) is 0 Å². The lowest BCUT2D eigenvalue weighted by atomic mass is 9.85. The average molecular weight is 936 g/mol. The maximum absolute atomic E-state index is 6.62. The number of furan rings is 1. The van der Waals surface area contributed by atoms with Crippen LogP contribution in [-0.2, 0) is 0 Å². The highest BCUT2D eigenvalue weighted by molar-refractivity contribution is 6.08. The van der Waals surface area contributed by atoms with Gasteiger partial charge in [0.15, 0.2) is 5.58 Å². The molecule has 0 aliphatic rings. The Morgan fingerprint density at radius 3 is 1.25 bits per heavy atom. The van der Waals surface area contributed by atoms with Gasteiger partial charge in [-0.25, -0.2) is 9.97 Å². The van der Waals surface area contributed by atoms with E-state index in [-0.39, 0.29) is 0 Å². The van der Waals surface area contributed by atoms with Gasteiger partial charge in [-0.15, -0.1) is 0 Å². The number of rotatable bonds is 10. The molecule has 0 saturated heterocycles. The summed E-state index contributed by atoms with van der Waals surface area (Å²) in [5, 5.41) is 0.938. The SMILES string of the molecule is c1ccc(-c2ccc(-c3ccccc3-c3cc(-c4ccccc4-c4ccc(-c5ccccn5)cn4)cc(-c4ccccc4-c4ccc(-c5ccccn5)cc4-c4ncnc5c4oc4ccccc45)c3)nc2)nc1. The molecule has 0 unspecified atom stereocenters. The van der Waals surface area contributed by atoms with Crippen molar-refractivity contribution in [2.45, 2.75) is 0 Å². The molecule has 73 heavy (non-hydrogen) atoms. The lowest BCUT2D eigenvalue weighted by Gasteiger charge is -2.19. The average Bonchev–Trinajstić information content (AvgIpc) is 3.87. The topological polar surface area (TPSA) is 103 Å². The molecule has 13 rings (SSSR count). The number of aromatic nitrogens is 7. The zero-order chi connectivity index (χ0) is 48.5. The van der Waals surface area contributed by atoms with E-state index in [2.05, 4.69) is 143 Å². The third kappa shape index (κ3) is 8.18. The number of fused-ring (bicyclic) bond motifs is 3. The van der Waals surface area contributed by atoms with Gasteiger partial charge < -0.3 is 4.42 Å². The summed E-state index contributed by atoms with van der Waals surface area (Å²) in [5.74, 6) is 0. The number of para-hydroxylation sites is 1. The molecule has 0 N–H and O–H groups in total. The highest BCUT2D eigenvalue weighted by atomic mass is 16.3. The minimum atomic E-state index is 0.626. The van der Waals surface area contributed by atoms with Gasteiger partial charge in [0.1, 0.15) is 23.1 Å². The summed E-state index contributed by atoms with van der Waals surface area (Å²) < 4.78 is 6.62. The van der Waals surface area contributed by atoms with E-state index < -0.39 is 0 Å². The van der Waals surface area contributed by atoms with Gasteiger partial charge >= 0.3 is 0 Å². The highest BCUT2D eigenvalue weighted by Gasteiger charge is 2.22. The molecule has 0 radical (unpaired) electrons. The number of hydrogen-bond acceptors (Lipinski definition) is 8. The first-order valence-corrected chi connectivity index (χ1v) is 24.1. The molecule has 342 valence electrons. The van der Waals surface area contributed by atoms with Gasteiger partial charge in [0.05, 0.1) is 28.5 Å². The first-order chi connectivity index (χ1) is 36.2. The molecule has 0 atom stereocenters. The smallest absolute Gasteiger partial charge is 0.180 e. The number of nitrogens with zero attached hydrogens (tertiary/aromatic N) is 7. The maximum Gasteiger partial charge on any atom is 0.180 e. The summed E-state index contributed by atoms with van der Waals surface area (Å²) in [5.41, 5.74) is 21.2. The molecule has 0 fully saturated rings. The summed E-state index contributed by atoms with van der Waals surface area (Å²) in [6.45, 7) is 0. The minimum Gasteiger partial charge on any atom is -0.452 e. The predicted molar refractivity (Wildman–Crippen MR) is 293 cm³/mol. The van der Waals surface area contributed by atoms with Crippen molar-refractivity contribution >= 4 is 22.1 Å². The molecular weight excluding hydrogens is 895 g/mol. The van der Waals surface area contributed by atoms with Crippen LogP contribution in [0.4, 0.5) is 0 Å². The van der Waals surface area contributed by atoms with Crippen LogP contribution >= 0.6 is 0 Å². The lowest BCUT2D eigenvalue weighted by Crippen LogP contribution is -1.95. The van der Waals surface area contributed by atoms with Crippen molar-refractivity contribution < 1.29 is 4.42 Å². The second-order valence-electron chi connectivity index (χ2n) is 17.7. The van der Waals surface area contributed by atoms with Crippen LogP contribution < -0.4 is 0 Å². The number of hydrogen-bond donors (Lipinski definition) is 0. The van der Waals surface area contributed by atoms with Crippen LogP contribution in [0.3, 0.4) is 0 Å². The summed E-state index contributed by atoms with van der Waals surface area (Å²) in [6.07, 6.45) is 10.9. The van der Waals surface area contributed by atoms with E-state index in [1.807, 2.05) is 97.5 Å². The Labute approximate surface area is 421 Å². The third-order valence-electron chi connectivity index (χ3n) is 13.3. The highest BCUT2D eigenvalue weighted by Crippen LogP contribution is 2.45. The van der Waals surface area contributed by atoms with Crippen molar-refractivity contribution in [1.29, 1.82) is 0 Å². The van der Waals surface area contributed by atoms with Gasteiger partial charge in [0.2, 0.25) is 0 Å². The Bertz CT molecular complexity index is 3980. The largest absolute Gasteiger partial charge is 0.452 e. The summed E-state index contributed by atoms with van der Waals surface area (Å²) in [6, 6.07) is 73.2. The van der Waals surface area contributed by atoms with Crippen molar-refractivity contribution in [1.82, 2.24) is 34.9 Å². The molecule has 0 amide bonds. The number of pyridine rings is 5. The van der Waals surface area contributed by atoms with Gasteiger partial charge in [0.25, 0.3) is 0 Å². The van der Waals surface area contributed by atoms with Crippen LogP contribution in [0, 0.1) is 0 Å². The minimum absolute atomic E-state index is 0.626. The van der Waals surface area contributed by atoms with Crippen LogP contribution in [0.25, 0.3) is 134 Å². The van der Waals surface area contributed by atoms with Crippen LogP contribution in [0.2, 0.25) is 0 Å². The first-order valence-electron chi connectivity index (χ1n) is 24.1. The molecular formula is C65H41N7O. The second kappa shape index (κ2) is 18.7. The summed E-state index contributed by atoms with van der Waals surface area (Å²) in [7, 11) is 0. The van der Waals surface area contributed by atoms with E-state index >= 15 is 0 Å². The van der Waals surface area contributed by atoms with E-state index in [1.54, 1.807) is 18.7 Å². The second-order valence-corrected chi connectivity index (χ2v) is 17.7. The van der Waals surface area contributed by atoms with Crippen molar-refractivity contribution in [3.63, 3.8) is 0 Å². The zero-order valence-electron chi connectivity index (χ0n) is 39.2. The molecule has 7 aromatic heterocycles. The normalized spacial score (nSPS) is 11.3. The third-order valence-corrected chi connectivity index (χ3v) is 13.3. The zero-order valence-corrected chi connectivity index (χ0v) is 39.2. The molecule has 13 aromatic rings. The maximum atomic E-state index is 6.62. The predicted octanol–water partition coefficient (Wildman–Crippen LogP) is 16.0. The van der Waals surface area contributed by atoms with E-state index in [0.29, 0.717) is 11.3 Å². The van der Waals surface area contributed by atoms with Gasteiger partial charge in [-0.3, -0.25) is 24.9 Å². The van der Waals surface area contributed by atoms with Gasteiger partial charge in [-0.1, -0.05) is 115 Å². The van der Waals surface area contributed by atoms with E-state index in [0.717, 1.165) is 123 Å². The molecule has 0 spiro atoms. The Hall–Kier alpha value is -10.1. The molecule has 7 heterocycles. The fourth-order valence-electron chi connectivity index (χ4n) is 9.84. The Morgan fingerprint density at radius 2 is 0.726 bits per heavy atom. The van der Waals surface area contributed by atoms with Crippen molar-refractivity contribution in [2.24, 2.45) is 0 Å². The molecule has 8 heteroatoms. The molecule has 6 aromatic carbocycles. The van der Waals surface area contributed by atoms with Gasteiger partial charge in [0, 0.05) is 69.8 Å². The van der Waals surface area contributed by atoms with Crippen molar-refractivity contribution in [3.05, 3.63) is 250 Å².